The first kappa shape index (κ1) is 16.9. The molecule has 124 valence electrons. The molecule has 0 saturated carbocycles. The summed E-state index contributed by atoms with van der Waals surface area (Å²) in [5, 5.41) is 11.3. The van der Waals surface area contributed by atoms with Gasteiger partial charge in [-0.3, -0.25) is 4.79 Å². The van der Waals surface area contributed by atoms with Gasteiger partial charge in [-0.1, -0.05) is 54.4 Å². The summed E-state index contributed by atoms with van der Waals surface area (Å²) in [5.41, 5.74) is 4.07. The van der Waals surface area contributed by atoms with Crippen LogP contribution in [0.1, 0.15) is 36.0 Å². The molecule has 0 spiro atoms. The van der Waals surface area contributed by atoms with Crippen molar-refractivity contribution in [1.82, 2.24) is 4.98 Å². The smallest absolute Gasteiger partial charge is 0.304 e. The van der Waals surface area contributed by atoms with Crippen LogP contribution in [-0.4, -0.2) is 16.1 Å². The van der Waals surface area contributed by atoms with E-state index in [-0.39, 0.29) is 12.3 Å². The summed E-state index contributed by atoms with van der Waals surface area (Å²) in [7, 11) is 0. The Morgan fingerprint density at radius 1 is 1.21 bits per heavy atom. The number of aromatic nitrogens is 1. The topological polar surface area (TPSA) is 53.1 Å². The predicted molar refractivity (Wildman–Crippen MR) is 98.2 cm³/mol. The van der Waals surface area contributed by atoms with E-state index in [2.05, 4.69) is 18.0 Å². The molecule has 3 aromatic rings. The van der Waals surface area contributed by atoms with Crippen LogP contribution < -0.4 is 0 Å². The van der Waals surface area contributed by atoms with E-state index in [4.69, 9.17) is 23.2 Å². The number of H-pyrrole nitrogens is 1. The van der Waals surface area contributed by atoms with Crippen molar-refractivity contribution >= 4 is 40.1 Å². The second-order valence-electron chi connectivity index (χ2n) is 5.76. The molecule has 0 bridgehead atoms. The number of halogens is 2. The lowest BCUT2D eigenvalue weighted by atomic mass is 9.88. The Morgan fingerprint density at radius 2 is 2.00 bits per heavy atom. The molecule has 1 aromatic heterocycles. The number of benzene rings is 2. The largest absolute Gasteiger partial charge is 0.481 e. The van der Waals surface area contributed by atoms with Gasteiger partial charge < -0.3 is 10.1 Å². The van der Waals surface area contributed by atoms with Gasteiger partial charge >= 0.3 is 5.97 Å². The van der Waals surface area contributed by atoms with Gasteiger partial charge in [0.2, 0.25) is 0 Å². The first-order valence-corrected chi connectivity index (χ1v) is 8.52. The van der Waals surface area contributed by atoms with E-state index in [1.807, 2.05) is 24.4 Å². The molecule has 0 saturated heterocycles. The minimum atomic E-state index is -0.855. The van der Waals surface area contributed by atoms with Crippen LogP contribution in [0.5, 0.6) is 0 Å². The normalized spacial score (nSPS) is 12.5. The SMILES string of the molecule is CCc1cccc2c(C(CC(=O)O)c3ccc(Cl)c(Cl)c3)c[nH]c12. The van der Waals surface area contributed by atoms with E-state index in [9.17, 15) is 9.90 Å². The number of aryl methyl sites for hydroxylation is 1. The number of hydrogen-bond acceptors (Lipinski definition) is 1. The van der Waals surface area contributed by atoms with Crippen molar-refractivity contribution in [2.24, 2.45) is 0 Å². The highest BCUT2D eigenvalue weighted by molar-refractivity contribution is 6.42. The van der Waals surface area contributed by atoms with Crippen LogP contribution >= 0.6 is 23.2 Å². The molecular formula is C19H17Cl2NO2. The highest BCUT2D eigenvalue weighted by atomic mass is 35.5. The average molecular weight is 362 g/mol. The Kier molecular flexibility index (Phi) is 4.83. The van der Waals surface area contributed by atoms with E-state index >= 15 is 0 Å². The standard InChI is InChI=1S/C19H17Cl2NO2/c1-2-11-4-3-5-13-15(10-22-19(11)13)14(9-18(23)24)12-6-7-16(20)17(21)8-12/h3-8,10,14,22H,2,9H2,1H3,(H,23,24). The Hall–Kier alpha value is -1.97. The molecule has 5 heteroatoms. The van der Waals surface area contributed by atoms with Gasteiger partial charge in [0, 0.05) is 23.0 Å². The Bertz CT molecular complexity index is 902. The molecule has 0 aliphatic carbocycles. The molecule has 0 fully saturated rings. The molecular weight excluding hydrogens is 345 g/mol. The second-order valence-corrected chi connectivity index (χ2v) is 6.58. The number of aromatic amines is 1. The van der Waals surface area contributed by atoms with Crippen LogP contribution in [0.2, 0.25) is 10.0 Å². The van der Waals surface area contributed by atoms with E-state index in [0.717, 1.165) is 28.5 Å². The summed E-state index contributed by atoms with van der Waals surface area (Å²) >= 11 is 12.1. The number of para-hydroxylation sites is 1. The maximum atomic E-state index is 11.4. The zero-order valence-corrected chi connectivity index (χ0v) is 14.7. The van der Waals surface area contributed by atoms with Gasteiger partial charge in [0.25, 0.3) is 0 Å². The quantitative estimate of drug-likeness (QED) is 0.617. The van der Waals surface area contributed by atoms with Crippen molar-refractivity contribution in [1.29, 1.82) is 0 Å². The van der Waals surface area contributed by atoms with Gasteiger partial charge in [0.15, 0.2) is 0 Å². The second kappa shape index (κ2) is 6.88. The number of rotatable bonds is 5. The number of carboxylic acids is 1. The first-order valence-electron chi connectivity index (χ1n) is 7.76. The number of aliphatic carboxylic acids is 1. The molecule has 1 atom stereocenters. The summed E-state index contributed by atoms with van der Waals surface area (Å²) in [6, 6.07) is 11.4. The van der Waals surface area contributed by atoms with Crippen LogP contribution in [0, 0.1) is 0 Å². The van der Waals surface area contributed by atoms with Crippen LogP contribution in [0.3, 0.4) is 0 Å². The molecule has 0 radical (unpaired) electrons. The summed E-state index contributed by atoms with van der Waals surface area (Å²) < 4.78 is 0. The van der Waals surface area contributed by atoms with Crippen LogP contribution in [-0.2, 0) is 11.2 Å². The van der Waals surface area contributed by atoms with E-state index in [1.54, 1.807) is 12.1 Å². The van der Waals surface area contributed by atoms with Gasteiger partial charge in [-0.25, -0.2) is 0 Å². The monoisotopic (exact) mass is 361 g/mol. The van der Waals surface area contributed by atoms with Gasteiger partial charge in [0.05, 0.1) is 16.5 Å². The molecule has 3 rings (SSSR count). The van der Waals surface area contributed by atoms with E-state index in [1.165, 1.54) is 5.56 Å². The third-order valence-corrected chi connectivity index (χ3v) is 5.05. The van der Waals surface area contributed by atoms with Crippen molar-refractivity contribution in [2.75, 3.05) is 0 Å². The van der Waals surface area contributed by atoms with Crippen molar-refractivity contribution in [2.45, 2.75) is 25.7 Å². The number of carbonyl (C=O) groups is 1. The summed E-state index contributed by atoms with van der Waals surface area (Å²) in [6.07, 6.45) is 2.80. The van der Waals surface area contributed by atoms with E-state index < -0.39 is 5.97 Å². The molecule has 2 aromatic carbocycles. The maximum Gasteiger partial charge on any atom is 0.304 e. The number of nitrogens with one attached hydrogen (secondary N) is 1. The zero-order valence-electron chi connectivity index (χ0n) is 13.1. The molecule has 1 unspecified atom stereocenters. The zero-order chi connectivity index (χ0) is 17.3. The van der Waals surface area contributed by atoms with Gasteiger partial charge in [0.1, 0.15) is 0 Å². The average Bonchev–Trinajstić information content (AvgIpc) is 2.99. The Labute approximate surface area is 150 Å². The summed E-state index contributed by atoms with van der Waals surface area (Å²) in [5.74, 6) is -1.15. The Morgan fingerprint density at radius 3 is 2.67 bits per heavy atom. The highest BCUT2D eigenvalue weighted by Crippen LogP contribution is 2.36. The fourth-order valence-electron chi connectivity index (χ4n) is 3.13. The number of carboxylic acid groups (broad SMARTS) is 1. The van der Waals surface area contributed by atoms with Crippen LogP contribution in [0.25, 0.3) is 10.9 Å². The summed E-state index contributed by atoms with van der Waals surface area (Å²) in [4.78, 5) is 14.7. The maximum absolute atomic E-state index is 11.4. The molecule has 3 nitrogen and oxygen atoms in total. The summed E-state index contributed by atoms with van der Waals surface area (Å²) in [6.45, 7) is 2.10. The molecule has 2 N–H and O–H groups in total. The van der Waals surface area contributed by atoms with Crippen molar-refractivity contribution < 1.29 is 9.90 Å². The molecule has 1 heterocycles. The van der Waals surface area contributed by atoms with Crippen LogP contribution in [0.4, 0.5) is 0 Å². The minimum Gasteiger partial charge on any atom is -0.481 e. The lowest BCUT2D eigenvalue weighted by Gasteiger charge is -2.16. The van der Waals surface area contributed by atoms with Crippen LogP contribution in [0.15, 0.2) is 42.6 Å². The fraction of sp³-hybridized carbons (Fsp3) is 0.211. The fourth-order valence-corrected chi connectivity index (χ4v) is 3.44. The number of fused-ring (bicyclic) bond motifs is 1. The molecule has 0 aliphatic rings. The Balaban J connectivity index is 2.16. The molecule has 0 aliphatic heterocycles. The van der Waals surface area contributed by atoms with Crippen molar-refractivity contribution in [3.63, 3.8) is 0 Å². The minimum absolute atomic E-state index is 0.0126. The van der Waals surface area contributed by atoms with Crippen molar-refractivity contribution in [3.05, 3.63) is 69.3 Å². The van der Waals surface area contributed by atoms with Gasteiger partial charge in [-0.15, -0.1) is 0 Å². The van der Waals surface area contributed by atoms with E-state index in [0.29, 0.717) is 10.0 Å². The highest BCUT2D eigenvalue weighted by Gasteiger charge is 2.22. The number of hydrogen-bond donors (Lipinski definition) is 2. The molecule has 0 amide bonds. The third kappa shape index (κ3) is 3.14. The van der Waals surface area contributed by atoms with Crippen molar-refractivity contribution in [3.8, 4) is 0 Å². The molecule has 24 heavy (non-hydrogen) atoms. The van der Waals surface area contributed by atoms with Gasteiger partial charge in [-0.05, 0) is 35.2 Å². The lowest BCUT2D eigenvalue weighted by Crippen LogP contribution is -2.07. The lowest BCUT2D eigenvalue weighted by molar-refractivity contribution is -0.137. The first-order chi connectivity index (χ1) is 11.5. The van der Waals surface area contributed by atoms with Gasteiger partial charge in [-0.2, -0.15) is 0 Å². The predicted octanol–water partition coefficient (Wildman–Crippen LogP) is 5.64. The third-order valence-electron chi connectivity index (χ3n) is 4.31.